The van der Waals surface area contributed by atoms with E-state index in [0.717, 1.165) is 11.3 Å². The van der Waals surface area contributed by atoms with Gasteiger partial charge in [0.2, 0.25) is 5.88 Å². The van der Waals surface area contributed by atoms with Crippen LogP contribution in [0.4, 0.5) is 4.39 Å². The molecule has 4 nitrogen and oxygen atoms in total. The van der Waals surface area contributed by atoms with Crippen molar-refractivity contribution in [2.24, 2.45) is 0 Å². The van der Waals surface area contributed by atoms with Gasteiger partial charge in [0, 0.05) is 12.7 Å². The third-order valence-electron chi connectivity index (χ3n) is 2.98. The summed E-state index contributed by atoms with van der Waals surface area (Å²) in [5.41, 5.74) is 1.62. The van der Waals surface area contributed by atoms with Crippen LogP contribution in [0.3, 0.4) is 0 Å². The van der Waals surface area contributed by atoms with Crippen molar-refractivity contribution in [2.75, 3.05) is 7.05 Å². The highest BCUT2D eigenvalue weighted by molar-refractivity contribution is 5.46. The molecular formula is C15H14FN3O. The Balaban J connectivity index is 2.06. The number of benzene rings is 1. The van der Waals surface area contributed by atoms with Gasteiger partial charge in [-0.15, -0.1) is 0 Å². The quantitative estimate of drug-likeness (QED) is 0.792. The van der Waals surface area contributed by atoms with Gasteiger partial charge in [-0.05, 0) is 31.3 Å². The summed E-state index contributed by atoms with van der Waals surface area (Å²) in [5, 5.41) is 3.07. The van der Waals surface area contributed by atoms with Crippen molar-refractivity contribution >= 4 is 5.65 Å². The zero-order valence-electron chi connectivity index (χ0n) is 11.0. The lowest BCUT2D eigenvalue weighted by atomic mass is 10.3. The Morgan fingerprint density at radius 1 is 1.20 bits per heavy atom. The van der Waals surface area contributed by atoms with Gasteiger partial charge in [-0.2, -0.15) is 4.98 Å². The number of aromatic nitrogens is 2. The normalized spacial score (nSPS) is 10.9. The third-order valence-corrected chi connectivity index (χ3v) is 2.98. The van der Waals surface area contributed by atoms with Crippen LogP contribution in [0, 0.1) is 5.82 Å². The second kappa shape index (κ2) is 5.30. The number of rotatable bonds is 4. The van der Waals surface area contributed by atoms with E-state index >= 15 is 0 Å². The second-order valence-corrected chi connectivity index (χ2v) is 4.36. The molecule has 0 aliphatic heterocycles. The van der Waals surface area contributed by atoms with Crippen molar-refractivity contribution in [3.05, 3.63) is 60.2 Å². The first kappa shape index (κ1) is 12.6. The summed E-state index contributed by atoms with van der Waals surface area (Å²) in [5.74, 6) is 0.184. The van der Waals surface area contributed by atoms with Crippen LogP contribution in [0.15, 0.2) is 48.7 Å². The first-order valence-electron chi connectivity index (χ1n) is 6.32. The minimum atomic E-state index is -0.403. The fourth-order valence-electron chi connectivity index (χ4n) is 2.07. The Hall–Kier alpha value is -2.40. The minimum absolute atomic E-state index is 0.174. The number of halogens is 1. The topological polar surface area (TPSA) is 38.6 Å². The van der Waals surface area contributed by atoms with Gasteiger partial charge in [-0.25, -0.2) is 4.39 Å². The van der Waals surface area contributed by atoms with Crippen LogP contribution in [0.2, 0.25) is 0 Å². The van der Waals surface area contributed by atoms with E-state index < -0.39 is 5.82 Å². The van der Waals surface area contributed by atoms with E-state index in [0.29, 0.717) is 12.4 Å². The molecule has 0 atom stereocenters. The number of pyridine rings is 1. The predicted octanol–water partition coefficient (Wildman–Crippen LogP) is 2.99. The van der Waals surface area contributed by atoms with E-state index in [-0.39, 0.29) is 5.75 Å². The SMILES string of the molecule is CNCc1c(Oc2ccccc2F)nc2ccccn12. The lowest BCUT2D eigenvalue weighted by Crippen LogP contribution is -2.08. The van der Waals surface area contributed by atoms with Crippen LogP contribution in [-0.4, -0.2) is 16.4 Å². The van der Waals surface area contributed by atoms with E-state index in [2.05, 4.69) is 10.3 Å². The fourth-order valence-corrected chi connectivity index (χ4v) is 2.07. The summed E-state index contributed by atoms with van der Waals surface area (Å²) in [6.45, 7) is 0.578. The van der Waals surface area contributed by atoms with Crippen molar-refractivity contribution in [3.8, 4) is 11.6 Å². The molecule has 0 bridgehead atoms. The van der Waals surface area contributed by atoms with E-state index in [1.54, 1.807) is 18.2 Å². The van der Waals surface area contributed by atoms with Gasteiger partial charge < -0.3 is 10.1 Å². The minimum Gasteiger partial charge on any atom is -0.434 e. The second-order valence-electron chi connectivity index (χ2n) is 4.36. The van der Waals surface area contributed by atoms with Crippen molar-refractivity contribution in [2.45, 2.75) is 6.54 Å². The number of imidazole rings is 1. The molecule has 3 rings (SSSR count). The summed E-state index contributed by atoms with van der Waals surface area (Å²) in [4.78, 5) is 4.40. The van der Waals surface area contributed by atoms with Crippen LogP contribution < -0.4 is 10.1 Å². The Morgan fingerprint density at radius 2 is 2.00 bits per heavy atom. The Kier molecular flexibility index (Phi) is 3.35. The van der Waals surface area contributed by atoms with Crippen LogP contribution in [0.1, 0.15) is 5.69 Å². The van der Waals surface area contributed by atoms with E-state index in [1.807, 2.05) is 35.8 Å². The first-order valence-corrected chi connectivity index (χ1v) is 6.32. The van der Waals surface area contributed by atoms with Gasteiger partial charge in [-0.3, -0.25) is 4.40 Å². The number of ether oxygens (including phenoxy) is 1. The van der Waals surface area contributed by atoms with Gasteiger partial charge in [0.1, 0.15) is 11.3 Å². The molecule has 5 heteroatoms. The van der Waals surface area contributed by atoms with Crippen molar-refractivity contribution in [1.82, 2.24) is 14.7 Å². The fraction of sp³-hybridized carbons (Fsp3) is 0.133. The molecule has 0 fully saturated rings. The van der Waals surface area contributed by atoms with E-state index in [9.17, 15) is 4.39 Å². The molecule has 0 radical (unpaired) electrons. The monoisotopic (exact) mass is 271 g/mol. The molecule has 0 saturated heterocycles. The zero-order valence-corrected chi connectivity index (χ0v) is 11.0. The maximum absolute atomic E-state index is 13.7. The van der Waals surface area contributed by atoms with Gasteiger partial charge in [0.25, 0.3) is 0 Å². The highest BCUT2D eigenvalue weighted by Gasteiger charge is 2.14. The number of hydrogen-bond donors (Lipinski definition) is 1. The predicted molar refractivity (Wildman–Crippen MR) is 74.4 cm³/mol. The molecule has 3 aromatic rings. The molecule has 2 heterocycles. The maximum Gasteiger partial charge on any atom is 0.242 e. The van der Waals surface area contributed by atoms with Gasteiger partial charge in [0.15, 0.2) is 11.6 Å². The Morgan fingerprint density at radius 3 is 2.80 bits per heavy atom. The Labute approximate surface area is 115 Å². The van der Waals surface area contributed by atoms with Gasteiger partial charge >= 0.3 is 0 Å². The highest BCUT2D eigenvalue weighted by Crippen LogP contribution is 2.27. The molecule has 0 spiro atoms. The lowest BCUT2D eigenvalue weighted by molar-refractivity contribution is 0.423. The summed E-state index contributed by atoms with van der Waals surface area (Å²) >= 11 is 0. The summed E-state index contributed by atoms with van der Waals surface area (Å²) in [7, 11) is 1.84. The average molecular weight is 271 g/mol. The number of para-hydroxylation sites is 1. The average Bonchev–Trinajstić information content (AvgIpc) is 2.80. The molecule has 0 unspecified atom stereocenters. The molecule has 1 N–H and O–H groups in total. The molecule has 20 heavy (non-hydrogen) atoms. The standard InChI is InChI=1S/C15H14FN3O/c1-17-10-12-15(18-14-8-4-5-9-19(12)14)20-13-7-3-2-6-11(13)16/h2-9,17H,10H2,1H3. The first-order chi connectivity index (χ1) is 9.79. The molecular weight excluding hydrogens is 257 g/mol. The van der Waals surface area contributed by atoms with Crippen molar-refractivity contribution in [1.29, 1.82) is 0 Å². The third kappa shape index (κ3) is 2.23. The molecule has 0 amide bonds. The van der Waals surface area contributed by atoms with E-state index in [4.69, 9.17) is 4.74 Å². The molecule has 2 aromatic heterocycles. The van der Waals surface area contributed by atoms with Crippen LogP contribution in [-0.2, 0) is 6.54 Å². The molecule has 1 aromatic carbocycles. The van der Waals surface area contributed by atoms with E-state index in [1.165, 1.54) is 6.07 Å². The van der Waals surface area contributed by atoms with Crippen LogP contribution in [0.5, 0.6) is 11.6 Å². The summed E-state index contributed by atoms with van der Waals surface area (Å²) in [6, 6.07) is 12.0. The van der Waals surface area contributed by atoms with Crippen LogP contribution in [0.25, 0.3) is 5.65 Å². The number of fused-ring (bicyclic) bond motifs is 1. The molecule has 0 saturated carbocycles. The Bertz CT molecular complexity index is 739. The van der Waals surface area contributed by atoms with Crippen LogP contribution >= 0.6 is 0 Å². The molecule has 0 aliphatic carbocycles. The van der Waals surface area contributed by atoms with Crippen molar-refractivity contribution < 1.29 is 9.13 Å². The summed E-state index contributed by atoms with van der Waals surface area (Å²) < 4.78 is 21.2. The number of nitrogens with one attached hydrogen (secondary N) is 1. The van der Waals surface area contributed by atoms with Crippen molar-refractivity contribution in [3.63, 3.8) is 0 Å². The number of nitrogens with zero attached hydrogens (tertiary/aromatic N) is 2. The zero-order chi connectivity index (χ0) is 13.9. The maximum atomic E-state index is 13.7. The molecule has 0 aliphatic rings. The lowest BCUT2D eigenvalue weighted by Gasteiger charge is -2.06. The largest absolute Gasteiger partial charge is 0.434 e. The summed E-state index contributed by atoms with van der Waals surface area (Å²) in [6.07, 6.45) is 1.91. The van der Waals surface area contributed by atoms with Gasteiger partial charge in [-0.1, -0.05) is 18.2 Å². The highest BCUT2D eigenvalue weighted by atomic mass is 19.1. The smallest absolute Gasteiger partial charge is 0.242 e. The number of hydrogen-bond acceptors (Lipinski definition) is 3. The molecule has 102 valence electrons. The van der Waals surface area contributed by atoms with Gasteiger partial charge in [0.05, 0.1) is 0 Å².